The average molecular weight is 196 g/mol. The summed E-state index contributed by atoms with van der Waals surface area (Å²) in [4.78, 5) is 19.9. The van der Waals surface area contributed by atoms with Crippen molar-refractivity contribution < 1.29 is 0 Å². The number of aryl methyl sites for hydroxylation is 1. The van der Waals surface area contributed by atoms with Crippen molar-refractivity contribution in [2.24, 2.45) is 5.73 Å². The number of nitrogens with two attached hydrogens (primary N) is 1. The van der Waals surface area contributed by atoms with E-state index < -0.39 is 0 Å². The molecule has 1 atom stereocenters. The molecule has 0 radical (unpaired) electrons. The van der Waals surface area contributed by atoms with Gasteiger partial charge in [-0.1, -0.05) is 0 Å². The van der Waals surface area contributed by atoms with Crippen molar-refractivity contribution in [1.82, 2.24) is 9.97 Å². The predicted octanol–water partition coefficient (Wildman–Crippen LogP) is -0.138. The highest BCUT2D eigenvalue weighted by Gasteiger charge is 2.10. The summed E-state index contributed by atoms with van der Waals surface area (Å²) in [6, 6.07) is 1.64. The highest BCUT2D eigenvalue weighted by Crippen LogP contribution is 2.08. The maximum atomic E-state index is 11.2. The van der Waals surface area contributed by atoms with Gasteiger partial charge in [0, 0.05) is 25.7 Å². The molecule has 0 aromatic carbocycles. The Kier molecular flexibility index (Phi) is 3.24. The number of hydrogen-bond donors (Lipinski definition) is 2. The first-order chi connectivity index (χ1) is 6.54. The number of aromatic amines is 1. The summed E-state index contributed by atoms with van der Waals surface area (Å²) in [6.07, 6.45) is 0. The predicted molar refractivity (Wildman–Crippen MR) is 56.5 cm³/mol. The Morgan fingerprint density at radius 1 is 1.71 bits per heavy atom. The van der Waals surface area contributed by atoms with Crippen LogP contribution in [0.2, 0.25) is 0 Å². The molecule has 14 heavy (non-hydrogen) atoms. The number of nitrogens with zero attached hydrogens (tertiary/aromatic N) is 2. The lowest BCUT2D eigenvalue weighted by Gasteiger charge is -2.24. The molecule has 1 heterocycles. The van der Waals surface area contributed by atoms with E-state index in [1.807, 2.05) is 18.9 Å². The van der Waals surface area contributed by atoms with Crippen molar-refractivity contribution in [3.05, 3.63) is 22.2 Å². The van der Waals surface area contributed by atoms with E-state index in [-0.39, 0.29) is 11.6 Å². The molecule has 0 spiro atoms. The van der Waals surface area contributed by atoms with Crippen LogP contribution < -0.4 is 16.2 Å². The summed E-state index contributed by atoms with van der Waals surface area (Å²) in [5, 5.41) is 0. The van der Waals surface area contributed by atoms with Crippen LogP contribution in [0.5, 0.6) is 0 Å². The van der Waals surface area contributed by atoms with E-state index in [4.69, 9.17) is 5.73 Å². The lowest BCUT2D eigenvalue weighted by molar-refractivity contribution is 0.684. The Hall–Kier alpha value is -1.36. The highest BCUT2D eigenvalue weighted by atomic mass is 16.1. The average Bonchev–Trinajstić information content (AvgIpc) is 2.14. The summed E-state index contributed by atoms with van der Waals surface area (Å²) in [5.41, 5.74) is 5.40. The van der Waals surface area contributed by atoms with Crippen molar-refractivity contribution in [1.29, 1.82) is 0 Å². The molecule has 0 bridgehead atoms. The smallest absolute Gasteiger partial charge is 0.252 e. The molecule has 78 valence electrons. The number of H-pyrrole nitrogens is 1. The minimum atomic E-state index is -0.136. The van der Waals surface area contributed by atoms with Gasteiger partial charge < -0.3 is 15.6 Å². The minimum Gasteiger partial charge on any atom is -0.355 e. The van der Waals surface area contributed by atoms with Gasteiger partial charge in [0.15, 0.2) is 0 Å². The molecule has 1 rings (SSSR count). The molecule has 0 saturated heterocycles. The van der Waals surface area contributed by atoms with Gasteiger partial charge in [-0.05, 0) is 13.8 Å². The lowest BCUT2D eigenvalue weighted by Crippen LogP contribution is -2.36. The van der Waals surface area contributed by atoms with Gasteiger partial charge in [0.25, 0.3) is 5.56 Å². The van der Waals surface area contributed by atoms with E-state index in [9.17, 15) is 4.79 Å². The Bertz CT molecular complexity index is 360. The zero-order valence-corrected chi connectivity index (χ0v) is 8.74. The Balaban J connectivity index is 3.00. The molecule has 0 fully saturated rings. The van der Waals surface area contributed by atoms with Crippen LogP contribution in [0, 0.1) is 6.92 Å². The zero-order valence-electron chi connectivity index (χ0n) is 8.74. The molecule has 1 unspecified atom stereocenters. The molecule has 0 amide bonds. The molecule has 5 nitrogen and oxygen atoms in total. The Morgan fingerprint density at radius 3 is 2.86 bits per heavy atom. The number of hydrogen-bond acceptors (Lipinski definition) is 4. The second kappa shape index (κ2) is 4.23. The van der Waals surface area contributed by atoms with Crippen LogP contribution in [0.4, 0.5) is 5.82 Å². The van der Waals surface area contributed by atoms with E-state index in [2.05, 4.69) is 9.97 Å². The van der Waals surface area contributed by atoms with E-state index in [0.29, 0.717) is 18.2 Å². The molecule has 0 aliphatic rings. The first-order valence-corrected chi connectivity index (χ1v) is 4.55. The first kappa shape index (κ1) is 10.7. The van der Waals surface area contributed by atoms with Crippen LogP contribution in [0.1, 0.15) is 12.7 Å². The minimum absolute atomic E-state index is 0.136. The molecule has 1 aromatic rings. The second-order valence-electron chi connectivity index (χ2n) is 3.38. The number of aromatic nitrogens is 2. The number of rotatable bonds is 3. The molecule has 3 N–H and O–H groups in total. The SMILES string of the molecule is Cc1nc(N(C)C(C)CN)cc(=O)[nH]1. The fraction of sp³-hybridized carbons (Fsp3) is 0.556. The third-order valence-electron chi connectivity index (χ3n) is 2.21. The largest absolute Gasteiger partial charge is 0.355 e. The maximum absolute atomic E-state index is 11.2. The van der Waals surface area contributed by atoms with Crippen LogP contribution in [0.3, 0.4) is 0 Å². The van der Waals surface area contributed by atoms with Gasteiger partial charge in [0.2, 0.25) is 0 Å². The zero-order chi connectivity index (χ0) is 10.7. The summed E-state index contributed by atoms with van der Waals surface area (Å²) >= 11 is 0. The van der Waals surface area contributed by atoms with Gasteiger partial charge in [-0.3, -0.25) is 4.79 Å². The topological polar surface area (TPSA) is 75.0 Å². The Labute approximate surface area is 83.0 Å². The van der Waals surface area contributed by atoms with E-state index in [1.165, 1.54) is 6.07 Å². The third kappa shape index (κ3) is 2.32. The second-order valence-corrected chi connectivity index (χ2v) is 3.38. The highest BCUT2D eigenvalue weighted by molar-refractivity contribution is 5.37. The van der Waals surface area contributed by atoms with E-state index >= 15 is 0 Å². The standard InChI is InChI=1S/C9H16N4O/c1-6(5-10)13(3)8-4-9(14)12-7(2)11-8/h4,6H,5,10H2,1-3H3,(H,11,12,14). The summed E-state index contributed by atoms with van der Waals surface area (Å²) in [6.45, 7) is 4.27. The molecule has 0 aliphatic heterocycles. The fourth-order valence-electron chi connectivity index (χ4n) is 1.13. The lowest BCUT2D eigenvalue weighted by atomic mass is 10.3. The number of likely N-dealkylation sites (N-methyl/N-ethyl adjacent to an activating group) is 1. The maximum Gasteiger partial charge on any atom is 0.252 e. The van der Waals surface area contributed by atoms with Crippen LogP contribution in [-0.2, 0) is 0 Å². The molecular weight excluding hydrogens is 180 g/mol. The van der Waals surface area contributed by atoms with Gasteiger partial charge in [0.1, 0.15) is 11.6 Å². The van der Waals surface area contributed by atoms with Crippen LogP contribution in [0.25, 0.3) is 0 Å². The van der Waals surface area contributed by atoms with Crippen LogP contribution in [-0.4, -0.2) is 29.6 Å². The van der Waals surface area contributed by atoms with Gasteiger partial charge in [-0.15, -0.1) is 0 Å². The molecule has 0 aliphatic carbocycles. The van der Waals surface area contributed by atoms with Crippen molar-refractivity contribution in [2.75, 3.05) is 18.5 Å². The number of nitrogens with one attached hydrogen (secondary N) is 1. The van der Waals surface area contributed by atoms with Crippen LogP contribution in [0.15, 0.2) is 10.9 Å². The van der Waals surface area contributed by atoms with Gasteiger partial charge in [-0.2, -0.15) is 0 Å². The van der Waals surface area contributed by atoms with Gasteiger partial charge >= 0.3 is 0 Å². The van der Waals surface area contributed by atoms with Gasteiger partial charge in [-0.25, -0.2) is 4.98 Å². The van der Waals surface area contributed by atoms with Crippen LogP contribution >= 0.6 is 0 Å². The number of anilines is 1. The first-order valence-electron chi connectivity index (χ1n) is 4.55. The van der Waals surface area contributed by atoms with E-state index in [1.54, 1.807) is 6.92 Å². The quantitative estimate of drug-likeness (QED) is 0.705. The van der Waals surface area contributed by atoms with Crippen molar-refractivity contribution >= 4 is 5.82 Å². The molecule has 1 aromatic heterocycles. The normalized spacial score (nSPS) is 12.6. The molecular formula is C9H16N4O. The fourth-order valence-corrected chi connectivity index (χ4v) is 1.13. The molecule has 5 heteroatoms. The Morgan fingerprint density at radius 2 is 2.36 bits per heavy atom. The van der Waals surface area contributed by atoms with Crippen molar-refractivity contribution in [3.63, 3.8) is 0 Å². The summed E-state index contributed by atoms with van der Waals surface area (Å²) in [7, 11) is 1.87. The van der Waals surface area contributed by atoms with E-state index in [0.717, 1.165) is 0 Å². The molecule has 0 saturated carbocycles. The van der Waals surface area contributed by atoms with Gasteiger partial charge in [0.05, 0.1) is 0 Å². The van der Waals surface area contributed by atoms with Crippen molar-refractivity contribution in [2.45, 2.75) is 19.9 Å². The summed E-state index contributed by atoms with van der Waals surface area (Å²) < 4.78 is 0. The monoisotopic (exact) mass is 196 g/mol. The summed E-state index contributed by atoms with van der Waals surface area (Å²) in [5.74, 6) is 1.27. The van der Waals surface area contributed by atoms with Crippen molar-refractivity contribution in [3.8, 4) is 0 Å². The third-order valence-corrected chi connectivity index (χ3v) is 2.21.